The van der Waals surface area contributed by atoms with Crippen LogP contribution >= 0.6 is 23.3 Å². The normalized spacial score (nSPS) is 17.5. The van der Waals surface area contributed by atoms with E-state index in [-0.39, 0.29) is 10.9 Å². The van der Waals surface area contributed by atoms with Gasteiger partial charge in [-0.15, -0.1) is 11.3 Å². The highest BCUT2D eigenvalue weighted by molar-refractivity contribution is 7.96. The highest BCUT2D eigenvalue weighted by Crippen LogP contribution is 2.35. The van der Waals surface area contributed by atoms with Gasteiger partial charge in [0.1, 0.15) is 22.4 Å². The third-order valence-electron chi connectivity index (χ3n) is 9.46. The molecule has 2 fully saturated rings. The molecule has 5 heterocycles. The van der Waals surface area contributed by atoms with E-state index in [1.54, 1.807) is 25.1 Å². The van der Waals surface area contributed by atoms with Gasteiger partial charge >= 0.3 is 6.18 Å². The average molecular weight is 686 g/mol. The number of hydrogen-bond donors (Lipinski definition) is 3. The van der Waals surface area contributed by atoms with E-state index in [0.29, 0.717) is 33.7 Å². The van der Waals surface area contributed by atoms with Crippen LogP contribution in [0.4, 0.5) is 24.9 Å². The predicted octanol–water partition coefficient (Wildman–Crippen LogP) is 6.38. The van der Waals surface area contributed by atoms with Crippen LogP contribution in [0.25, 0.3) is 21.1 Å². The molecular formula is C33H42F3N9S2. The summed E-state index contributed by atoms with van der Waals surface area (Å²) in [5, 5.41) is 18.2. The van der Waals surface area contributed by atoms with Crippen molar-refractivity contribution in [2.75, 3.05) is 56.7 Å². The van der Waals surface area contributed by atoms with Crippen molar-refractivity contribution in [1.29, 1.82) is 5.26 Å². The molecule has 3 aromatic heterocycles. The van der Waals surface area contributed by atoms with Crippen molar-refractivity contribution in [2.45, 2.75) is 70.4 Å². The van der Waals surface area contributed by atoms with Crippen LogP contribution in [0.3, 0.4) is 0 Å². The molecule has 0 radical (unpaired) electrons. The molecule has 0 amide bonds. The quantitative estimate of drug-likeness (QED) is 0.156. The summed E-state index contributed by atoms with van der Waals surface area (Å²) in [5.74, 6) is 0.972. The number of hydrogen-bond acceptors (Lipinski definition) is 10. The molecule has 14 heteroatoms. The molecule has 0 atom stereocenters. The maximum Gasteiger partial charge on any atom is 0.393 e. The Hall–Kier alpha value is -3.09. The van der Waals surface area contributed by atoms with Crippen molar-refractivity contribution in [1.82, 2.24) is 29.1 Å². The molecule has 4 aromatic rings. The van der Waals surface area contributed by atoms with Gasteiger partial charge in [-0.1, -0.05) is 18.0 Å². The number of halogens is 3. The van der Waals surface area contributed by atoms with E-state index in [0.717, 1.165) is 93.7 Å². The first kappa shape index (κ1) is 33.8. The summed E-state index contributed by atoms with van der Waals surface area (Å²) in [6, 6.07) is 11.2. The number of fused-ring (bicyclic) bond motifs is 2. The van der Waals surface area contributed by atoms with Gasteiger partial charge < -0.3 is 20.1 Å². The largest absolute Gasteiger partial charge is 0.393 e. The second-order valence-corrected chi connectivity index (χ2v) is 14.3. The number of nitrogens with zero attached hydrogens (tertiary/aromatic N) is 6. The lowest BCUT2D eigenvalue weighted by Crippen LogP contribution is -2.41. The van der Waals surface area contributed by atoms with Crippen LogP contribution in [0.5, 0.6) is 0 Å². The Morgan fingerprint density at radius 1 is 1.00 bits per heavy atom. The zero-order valence-electron chi connectivity index (χ0n) is 27.1. The topological polar surface area (TPSA) is 97.1 Å². The number of rotatable bonds is 11. The Bertz CT molecular complexity index is 1730. The van der Waals surface area contributed by atoms with Crippen LogP contribution in [0.15, 0.2) is 24.3 Å². The predicted molar refractivity (Wildman–Crippen MR) is 186 cm³/mol. The number of thiophene rings is 1. The van der Waals surface area contributed by atoms with Crippen LogP contribution in [0.2, 0.25) is 0 Å². The Morgan fingerprint density at radius 2 is 1.72 bits per heavy atom. The molecule has 252 valence electrons. The molecule has 6 rings (SSSR count). The minimum absolute atomic E-state index is 0.156. The second kappa shape index (κ2) is 14.6. The molecule has 1 aromatic carbocycles. The molecule has 2 aliphatic rings. The number of piperidine rings is 2. The fraction of sp³-hybridized carbons (Fsp3) is 0.545. The van der Waals surface area contributed by atoms with Crippen LogP contribution in [0.1, 0.15) is 47.4 Å². The van der Waals surface area contributed by atoms with E-state index >= 15 is 0 Å². The van der Waals surface area contributed by atoms with E-state index in [1.165, 1.54) is 11.1 Å². The lowest BCUT2D eigenvalue weighted by Gasteiger charge is -2.33. The average Bonchev–Trinajstić information content (AvgIpc) is 3.63. The third kappa shape index (κ3) is 7.97. The fourth-order valence-electron chi connectivity index (χ4n) is 6.86. The molecular weight excluding hydrogens is 644 g/mol. The molecule has 47 heavy (non-hydrogen) atoms. The third-order valence-corrected chi connectivity index (χ3v) is 11.1. The van der Waals surface area contributed by atoms with Crippen molar-refractivity contribution in [2.24, 2.45) is 0 Å². The number of benzene rings is 1. The number of nitriles is 1. The number of alkyl halides is 3. The lowest BCUT2D eigenvalue weighted by atomic mass is 10.0. The summed E-state index contributed by atoms with van der Waals surface area (Å²) in [6.45, 7) is 8.65. The van der Waals surface area contributed by atoms with Crippen molar-refractivity contribution in [3.63, 3.8) is 0 Å². The van der Waals surface area contributed by atoms with Crippen molar-refractivity contribution < 1.29 is 13.2 Å². The number of anilines is 2. The Labute approximate surface area is 282 Å². The maximum atomic E-state index is 13.1. The summed E-state index contributed by atoms with van der Waals surface area (Å²) in [4.78, 5) is 14.7. The first-order valence-corrected chi connectivity index (χ1v) is 18.2. The van der Waals surface area contributed by atoms with Gasteiger partial charge in [0.2, 0.25) is 5.95 Å². The Kier molecular flexibility index (Phi) is 10.5. The number of aromatic nitrogens is 3. The molecule has 9 nitrogen and oxygen atoms in total. The first-order chi connectivity index (χ1) is 22.6. The highest BCUT2D eigenvalue weighted by Gasteiger charge is 2.30. The summed E-state index contributed by atoms with van der Waals surface area (Å²) < 4.78 is 44.9. The number of nitrogens with one attached hydrogen (secondary N) is 3. The van der Waals surface area contributed by atoms with Crippen LogP contribution in [-0.4, -0.2) is 88.6 Å². The maximum absolute atomic E-state index is 13.1. The van der Waals surface area contributed by atoms with E-state index in [9.17, 15) is 18.4 Å². The van der Waals surface area contributed by atoms with Crippen molar-refractivity contribution in [3.8, 4) is 6.07 Å². The summed E-state index contributed by atoms with van der Waals surface area (Å²) in [5.41, 5.74) is 4.31. The van der Waals surface area contributed by atoms with E-state index < -0.39 is 12.6 Å². The van der Waals surface area contributed by atoms with Gasteiger partial charge in [-0.2, -0.15) is 23.4 Å². The molecule has 0 spiro atoms. The van der Waals surface area contributed by atoms with Crippen LogP contribution in [0, 0.1) is 18.3 Å². The van der Waals surface area contributed by atoms with E-state index in [1.807, 2.05) is 6.07 Å². The standard InChI is InChI=1S/C33H42F3N9S2/c1-21-22(4-5-29-27(21)16-25(19-37)45(29)15-14-43-10-8-24(9-11-43)42-46-3)20-44-12-6-23(7-13-44)39-30-28-17-26(18-33(34,35)36)47-31(28)41-32(38-2)40-30/h4-5,16-17,23-24,42H,6-15,18,20H2,1-3H3,(H2,38,39,40,41). The molecule has 2 aliphatic heterocycles. The molecule has 0 bridgehead atoms. The summed E-state index contributed by atoms with van der Waals surface area (Å²) in [7, 11) is 1.71. The van der Waals surface area contributed by atoms with Crippen LogP contribution < -0.4 is 15.4 Å². The zero-order valence-corrected chi connectivity index (χ0v) is 28.7. The lowest BCUT2D eigenvalue weighted by molar-refractivity contribution is -0.126. The zero-order chi connectivity index (χ0) is 33.1. The van der Waals surface area contributed by atoms with Crippen molar-refractivity contribution >= 4 is 56.2 Å². The van der Waals surface area contributed by atoms with Gasteiger partial charge in [0.05, 0.1) is 11.8 Å². The first-order valence-electron chi connectivity index (χ1n) is 16.2. The molecule has 0 aliphatic carbocycles. The Balaban J connectivity index is 1.08. The minimum atomic E-state index is -4.27. The summed E-state index contributed by atoms with van der Waals surface area (Å²) >= 11 is 2.76. The molecule has 3 N–H and O–H groups in total. The van der Waals surface area contributed by atoms with Gasteiger partial charge in [-0.3, -0.25) is 9.62 Å². The van der Waals surface area contributed by atoms with E-state index in [2.05, 4.69) is 71.1 Å². The number of likely N-dealkylation sites (tertiary alicyclic amines) is 2. The van der Waals surface area contributed by atoms with Gasteiger partial charge in [-0.25, -0.2) is 4.98 Å². The smallest absolute Gasteiger partial charge is 0.367 e. The second-order valence-electron chi connectivity index (χ2n) is 12.6. The minimum Gasteiger partial charge on any atom is -0.367 e. The molecule has 2 saturated heterocycles. The van der Waals surface area contributed by atoms with Gasteiger partial charge in [0, 0.05) is 67.6 Å². The fourth-order valence-corrected chi connectivity index (χ4v) is 8.48. The van der Waals surface area contributed by atoms with Gasteiger partial charge in [0.25, 0.3) is 0 Å². The monoisotopic (exact) mass is 685 g/mol. The van der Waals surface area contributed by atoms with Crippen molar-refractivity contribution in [3.05, 3.63) is 46.0 Å². The van der Waals surface area contributed by atoms with Gasteiger partial charge in [0.15, 0.2) is 0 Å². The molecule has 0 unspecified atom stereocenters. The summed E-state index contributed by atoms with van der Waals surface area (Å²) in [6.07, 6.45) is 0.920. The van der Waals surface area contributed by atoms with E-state index in [4.69, 9.17) is 0 Å². The van der Waals surface area contributed by atoms with Crippen LogP contribution in [-0.2, 0) is 19.5 Å². The molecule has 0 saturated carbocycles. The van der Waals surface area contributed by atoms with Gasteiger partial charge in [-0.05, 0) is 81.3 Å². The number of aryl methyl sites for hydroxylation is 1. The Morgan fingerprint density at radius 3 is 2.40 bits per heavy atom. The SMILES string of the molecule is CNc1nc(NC2CCN(Cc3ccc4c(cc(C#N)n4CCN4CCC(NSC)CC4)c3C)CC2)c2cc(CC(F)(F)F)sc2n1. The highest BCUT2D eigenvalue weighted by atomic mass is 32.2.